The predicted octanol–water partition coefficient (Wildman–Crippen LogP) is 3.05. The molecule has 2 fully saturated rings. The molecule has 0 bridgehead atoms. The Kier molecular flexibility index (Phi) is 11.2. The van der Waals surface area contributed by atoms with E-state index in [9.17, 15) is 19.2 Å². The van der Waals surface area contributed by atoms with Gasteiger partial charge in [0.25, 0.3) is 18.3 Å². The molecule has 2 aromatic rings. The van der Waals surface area contributed by atoms with E-state index in [1.54, 1.807) is 20.8 Å². The van der Waals surface area contributed by atoms with E-state index in [4.69, 9.17) is 14.5 Å². The lowest BCUT2D eigenvalue weighted by Crippen LogP contribution is -2.61. The number of hydrogen-bond donors (Lipinski definition) is 3. The Labute approximate surface area is 252 Å². The highest BCUT2D eigenvalue weighted by Gasteiger charge is 2.33. The van der Waals surface area contributed by atoms with Gasteiger partial charge in [0.2, 0.25) is 5.91 Å². The fourth-order valence-corrected chi connectivity index (χ4v) is 5.35. The third kappa shape index (κ3) is 8.61. The van der Waals surface area contributed by atoms with E-state index in [0.717, 1.165) is 48.2 Å². The number of carbonyl (C=O) groups is 4. The number of pyridine rings is 1. The van der Waals surface area contributed by atoms with Crippen molar-refractivity contribution in [2.24, 2.45) is 11.8 Å². The zero-order chi connectivity index (χ0) is 30.9. The number of nitrogens with one attached hydrogen (secondary N) is 3. The van der Waals surface area contributed by atoms with Gasteiger partial charge in [0.05, 0.1) is 23.9 Å². The maximum absolute atomic E-state index is 13.2. The lowest BCUT2D eigenvalue weighted by Gasteiger charge is -2.35. The number of ether oxygens (including phenoxy) is 2. The van der Waals surface area contributed by atoms with Gasteiger partial charge in [0.1, 0.15) is 12.1 Å². The van der Waals surface area contributed by atoms with Gasteiger partial charge in [-0.05, 0) is 63.1 Å². The number of hydrazine groups is 1. The van der Waals surface area contributed by atoms with Crippen LogP contribution in [0.4, 0.5) is 0 Å². The second-order valence-corrected chi connectivity index (χ2v) is 11.7. The van der Waals surface area contributed by atoms with Gasteiger partial charge in [0, 0.05) is 24.5 Å². The molecule has 0 spiro atoms. The SMILES string of the molecule is CC(C)[C@H](OC=O)C(=O)N[C@@H](C)C(=O)N1CCC[C@@H](C(=O)N[C@H](C)c2ccc3ccc(/C=C/C4CCCOC4)cc3n2)N1. The average molecular weight is 594 g/mol. The van der Waals surface area contributed by atoms with E-state index < -0.39 is 24.1 Å². The first-order chi connectivity index (χ1) is 20.7. The number of carbonyl (C=O) groups excluding carboxylic acids is 4. The van der Waals surface area contributed by atoms with Crippen LogP contribution in [0.1, 0.15) is 70.7 Å². The predicted molar refractivity (Wildman–Crippen MR) is 162 cm³/mol. The molecule has 1 aromatic heterocycles. The van der Waals surface area contributed by atoms with Crippen molar-refractivity contribution in [2.75, 3.05) is 19.8 Å². The molecule has 5 atom stereocenters. The molecule has 3 amide bonds. The number of aromatic nitrogens is 1. The lowest BCUT2D eigenvalue weighted by molar-refractivity contribution is -0.150. The van der Waals surface area contributed by atoms with Crippen molar-refractivity contribution in [3.05, 3.63) is 47.7 Å². The van der Waals surface area contributed by atoms with Crippen molar-refractivity contribution in [1.82, 2.24) is 26.1 Å². The first-order valence-electron chi connectivity index (χ1n) is 15.1. The summed E-state index contributed by atoms with van der Waals surface area (Å²) in [6, 6.07) is 8.23. The average Bonchev–Trinajstić information content (AvgIpc) is 3.02. The number of nitrogens with zero attached hydrogens (tertiary/aromatic N) is 2. The highest BCUT2D eigenvalue weighted by atomic mass is 16.5. The first kappa shape index (κ1) is 32.1. The van der Waals surface area contributed by atoms with Gasteiger partial charge in [-0.25, -0.2) is 5.43 Å². The molecule has 0 radical (unpaired) electrons. The second kappa shape index (κ2) is 15.1. The molecule has 11 heteroatoms. The summed E-state index contributed by atoms with van der Waals surface area (Å²) >= 11 is 0. The molecule has 0 aliphatic carbocycles. The van der Waals surface area contributed by atoms with Gasteiger partial charge in [-0.3, -0.25) is 29.2 Å². The van der Waals surface area contributed by atoms with Crippen LogP contribution in [-0.2, 0) is 28.7 Å². The summed E-state index contributed by atoms with van der Waals surface area (Å²) in [7, 11) is 0. The Morgan fingerprint density at radius 2 is 1.88 bits per heavy atom. The number of amides is 3. The molecule has 0 saturated carbocycles. The van der Waals surface area contributed by atoms with Crippen LogP contribution < -0.4 is 16.1 Å². The van der Waals surface area contributed by atoms with Crippen LogP contribution in [0.15, 0.2) is 36.4 Å². The summed E-state index contributed by atoms with van der Waals surface area (Å²) in [5.41, 5.74) is 5.67. The fraction of sp³-hybridized carbons (Fsp3) is 0.531. The Balaban J connectivity index is 1.34. The van der Waals surface area contributed by atoms with Crippen molar-refractivity contribution >= 4 is 41.2 Å². The van der Waals surface area contributed by atoms with Gasteiger partial charge >= 0.3 is 0 Å². The zero-order valence-electron chi connectivity index (χ0n) is 25.4. The van der Waals surface area contributed by atoms with Crippen LogP contribution in [0.3, 0.4) is 0 Å². The minimum absolute atomic E-state index is 0.226. The largest absolute Gasteiger partial charge is 0.454 e. The number of fused-ring (bicyclic) bond motifs is 1. The summed E-state index contributed by atoms with van der Waals surface area (Å²) in [5, 5.41) is 8.03. The van der Waals surface area contributed by atoms with Crippen LogP contribution in [0.5, 0.6) is 0 Å². The fourth-order valence-electron chi connectivity index (χ4n) is 5.35. The standard InChI is InChI=1S/C32H43N5O6/c1-20(2)29(43-19-38)31(40)34-22(4)32(41)37-15-5-8-27(36-37)30(39)33-21(3)26-14-13-25-12-11-23(17-28(25)35-26)9-10-24-7-6-16-42-18-24/h9-14,17,19-22,24,27,29,36H,5-8,15-16,18H2,1-4H3,(H,33,39)(H,34,40)/b10-9+/t21-,22+,24?,27+,29+/m1/s1. The third-order valence-electron chi connectivity index (χ3n) is 7.86. The van der Waals surface area contributed by atoms with Crippen molar-refractivity contribution in [3.8, 4) is 0 Å². The highest BCUT2D eigenvalue weighted by Crippen LogP contribution is 2.21. The smallest absolute Gasteiger partial charge is 0.293 e. The normalized spacial score (nSPS) is 21.3. The van der Waals surface area contributed by atoms with Crippen molar-refractivity contribution in [1.29, 1.82) is 0 Å². The minimum Gasteiger partial charge on any atom is -0.454 e. The molecule has 43 heavy (non-hydrogen) atoms. The van der Waals surface area contributed by atoms with Gasteiger partial charge in [-0.1, -0.05) is 44.2 Å². The summed E-state index contributed by atoms with van der Waals surface area (Å²) in [5.74, 6) is -0.999. The molecule has 3 heterocycles. The van der Waals surface area contributed by atoms with E-state index in [-0.39, 0.29) is 30.2 Å². The maximum atomic E-state index is 13.2. The zero-order valence-corrected chi connectivity index (χ0v) is 25.4. The third-order valence-corrected chi connectivity index (χ3v) is 7.86. The number of benzene rings is 1. The van der Waals surface area contributed by atoms with Crippen molar-refractivity contribution in [2.45, 2.75) is 77.6 Å². The van der Waals surface area contributed by atoms with Crippen LogP contribution in [0.2, 0.25) is 0 Å². The van der Waals surface area contributed by atoms with Crippen molar-refractivity contribution < 1.29 is 28.7 Å². The molecule has 2 aliphatic heterocycles. The summed E-state index contributed by atoms with van der Waals surface area (Å²) in [6.45, 7) is 9.15. The molecule has 4 rings (SSSR count). The van der Waals surface area contributed by atoms with Crippen LogP contribution >= 0.6 is 0 Å². The molecule has 3 N–H and O–H groups in total. The quantitative estimate of drug-likeness (QED) is 0.338. The summed E-state index contributed by atoms with van der Waals surface area (Å²) in [6.07, 6.45) is 6.72. The van der Waals surface area contributed by atoms with E-state index in [0.29, 0.717) is 25.3 Å². The van der Waals surface area contributed by atoms with Crippen molar-refractivity contribution in [3.63, 3.8) is 0 Å². The van der Waals surface area contributed by atoms with E-state index in [2.05, 4.69) is 34.3 Å². The summed E-state index contributed by atoms with van der Waals surface area (Å²) in [4.78, 5) is 54.4. The van der Waals surface area contributed by atoms with E-state index in [1.807, 2.05) is 31.2 Å². The molecular formula is C32H43N5O6. The Bertz CT molecular complexity index is 1320. The first-order valence-corrected chi connectivity index (χ1v) is 15.1. The van der Waals surface area contributed by atoms with Crippen LogP contribution in [0, 0.1) is 11.8 Å². The van der Waals surface area contributed by atoms with Gasteiger partial charge in [-0.15, -0.1) is 0 Å². The minimum atomic E-state index is -0.995. The Morgan fingerprint density at radius 1 is 1.09 bits per heavy atom. The van der Waals surface area contributed by atoms with E-state index >= 15 is 0 Å². The monoisotopic (exact) mass is 593 g/mol. The number of hydrogen-bond acceptors (Lipinski definition) is 8. The molecule has 1 aromatic carbocycles. The molecule has 11 nitrogen and oxygen atoms in total. The molecule has 2 saturated heterocycles. The second-order valence-electron chi connectivity index (χ2n) is 11.7. The van der Waals surface area contributed by atoms with E-state index in [1.165, 1.54) is 5.01 Å². The van der Waals surface area contributed by atoms with Gasteiger partial charge in [0.15, 0.2) is 6.10 Å². The lowest BCUT2D eigenvalue weighted by atomic mass is 10.0. The molecule has 232 valence electrons. The maximum Gasteiger partial charge on any atom is 0.293 e. The molecule has 1 unspecified atom stereocenters. The Morgan fingerprint density at radius 3 is 2.60 bits per heavy atom. The Hall–Kier alpha value is -3.83. The highest BCUT2D eigenvalue weighted by molar-refractivity contribution is 5.90. The molecular weight excluding hydrogens is 550 g/mol. The van der Waals surface area contributed by atoms with Gasteiger partial charge in [-0.2, -0.15) is 0 Å². The topological polar surface area (TPSA) is 139 Å². The number of rotatable bonds is 11. The van der Waals surface area contributed by atoms with Crippen LogP contribution in [-0.4, -0.2) is 72.1 Å². The van der Waals surface area contributed by atoms with Gasteiger partial charge < -0.3 is 20.1 Å². The molecule has 2 aliphatic rings. The summed E-state index contributed by atoms with van der Waals surface area (Å²) < 4.78 is 10.4. The van der Waals surface area contributed by atoms with Crippen LogP contribution in [0.25, 0.3) is 17.0 Å².